The van der Waals surface area contributed by atoms with Crippen LogP contribution < -0.4 is 4.74 Å². The van der Waals surface area contributed by atoms with Crippen LogP contribution in [0.2, 0.25) is 5.15 Å². The van der Waals surface area contributed by atoms with Gasteiger partial charge < -0.3 is 4.74 Å². The van der Waals surface area contributed by atoms with Crippen molar-refractivity contribution in [1.29, 1.82) is 0 Å². The van der Waals surface area contributed by atoms with Crippen molar-refractivity contribution in [1.82, 2.24) is 9.97 Å². The Balaban J connectivity index is 2.77. The fourth-order valence-corrected chi connectivity index (χ4v) is 1.07. The zero-order chi connectivity index (χ0) is 9.84. The van der Waals surface area contributed by atoms with E-state index in [0.29, 0.717) is 16.9 Å². The standard InChI is InChI=1S/C9H13ClN2O/c1-4-6(2)13-9-5-8(10)11-7(3)12-9/h5-6H,4H2,1-3H3/t6-/m0/s1. The fourth-order valence-electron chi connectivity index (χ4n) is 0.855. The molecule has 0 radical (unpaired) electrons. The van der Waals surface area contributed by atoms with Gasteiger partial charge in [-0.05, 0) is 20.3 Å². The van der Waals surface area contributed by atoms with Crippen LogP contribution in [0.1, 0.15) is 26.1 Å². The number of hydrogen-bond acceptors (Lipinski definition) is 3. The van der Waals surface area contributed by atoms with E-state index < -0.39 is 0 Å². The predicted molar refractivity (Wildman–Crippen MR) is 52.2 cm³/mol. The number of aromatic nitrogens is 2. The summed E-state index contributed by atoms with van der Waals surface area (Å²) in [6.07, 6.45) is 1.10. The maximum absolute atomic E-state index is 5.75. The van der Waals surface area contributed by atoms with Gasteiger partial charge in [0, 0.05) is 6.07 Å². The van der Waals surface area contributed by atoms with Crippen LogP contribution >= 0.6 is 11.6 Å². The van der Waals surface area contributed by atoms with Gasteiger partial charge in [-0.25, -0.2) is 4.98 Å². The molecule has 0 aromatic carbocycles. The van der Waals surface area contributed by atoms with E-state index in [4.69, 9.17) is 16.3 Å². The van der Waals surface area contributed by atoms with Gasteiger partial charge >= 0.3 is 0 Å². The molecule has 0 fully saturated rings. The third kappa shape index (κ3) is 3.19. The second-order valence-corrected chi connectivity index (χ2v) is 3.30. The summed E-state index contributed by atoms with van der Waals surface area (Å²) >= 11 is 5.75. The Morgan fingerprint density at radius 1 is 1.54 bits per heavy atom. The van der Waals surface area contributed by atoms with Gasteiger partial charge in [0.25, 0.3) is 0 Å². The molecule has 1 aromatic heterocycles. The van der Waals surface area contributed by atoms with Crippen molar-refractivity contribution in [2.45, 2.75) is 33.3 Å². The van der Waals surface area contributed by atoms with Crippen molar-refractivity contribution in [2.75, 3.05) is 0 Å². The maximum Gasteiger partial charge on any atom is 0.218 e. The van der Waals surface area contributed by atoms with E-state index in [1.54, 1.807) is 13.0 Å². The van der Waals surface area contributed by atoms with Crippen LogP contribution in [0.5, 0.6) is 5.88 Å². The maximum atomic E-state index is 5.75. The molecule has 0 spiro atoms. The van der Waals surface area contributed by atoms with E-state index in [1.807, 2.05) is 6.92 Å². The molecule has 0 unspecified atom stereocenters. The van der Waals surface area contributed by atoms with Crippen molar-refractivity contribution >= 4 is 11.6 Å². The van der Waals surface area contributed by atoms with Crippen LogP contribution in [0.15, 0.2) is 6.07 Å². The predicted octanol–water partition coefficient (Wildman–Crippen LogP) is 2.62. The minimum atomic E-state index is 0.158. The van der Waals surface area contributed by atoms with Crippen molar-refractivity contribution in [3.63, 3.8) is 0 Å². The molecule has 0 saturated heterocycles. The first kappa shape index (κ1) is 10.3. The van der Waals surface area contributed by atoms with Gasteiger partial charge in [0.15, 0.2) is 0 Å². The highest BCUT2D eigenvalue weighted by molar-refractivity contribution is 6.29. The smallest absolute Gasteiger partial charge is 0.218 e. The van der Waals surface area contributed by atoms with E-state index in [9.17, 15) is 0 Å². The normalized spacial score (nSPS) is 12.6. The van der Waals surface area contributed by atoms with E-state index in [-0.39, 0.29) is 6.10 Å². The van der Waals surface area contributed by atoms with Crippen LogP contribution in [-0.4, -0.2) is 16.1 Å². The number of hydrogen-bond donors (Lipinski definition) is 0. The van der Waals surface area contributed by atoms with Crippen molar-refractivity contribution in [3.8, 4) is 5.88 Å². The first-order valence-corrected chi connectivity index (χ1v) is 4.67. The van der Waals surface area contributed by atoms with Gasteiger partial charge in [-0.15, -0.1) is 0 Å². The Morgan fingerprint density at radius 3 is 2.77 bits per heavy atom. The van der Waals surface area contributed by atoms with Crippen molar-refractivity contribution in [2.24, 2.45) is 0 Å². The average molecular weight is 201 g/mol. The van der Waals surface area contributed by atoms with Gasteiger partial charge in [-0.2, -0.15) is 4.98 Å². The molecule has 0 saturated carbocycles. The van der Waals surface area contributed by atoms with Crippen LogP contribution in [-0.2, 0) is 0 Å². The minimum Gasteiger partial charge on any atom is -0.475 e. The lowest BCUT2D eigenvalue weighted by Crippen LogP contribution is -2.11. The summed E-state index contributed by atoms with van der Waals surface area (Å²) in [4.78, 5) is 8.05. The molecule has 13 heavy (non-hydrogen) atoms. The topological polar surface area (TPSA) is 35.0 Å². The number of aryl methyl sites for hydroxylation is 1. The molecule has 0 aliphatic heterocycles. The van der Waals surface area contributed by atoms with Crippen LogP contribution in [0, 0.1) is 6.92 Å². The molecular formula is C9H13ClN2O. The van der Waals surface area contributed by atoms with Crippen LogP contribution in [0.4, 0.5) is 0 Å². The summed E-state index contributed by atoms with van der Waals surface area (Å²) in [6.45, 7) is 5.83. The first-order valence-electron chi connectivity index (χ1n) is 4.29. The summed E-state index contributed by atoms with van der Waals surface area (Å²) in [5.74, 6) is 1.18. The molecule has 1 heterocycles. The average Bonchev–Trinajstić information content (AvgIpc) is 2.02. The highest BCUT2D eigenvalue weighted by atomic mass is 35.5. The van der Waals surface area contributed by atoms with Crippen LogP contribution in [0.25, 0.3) is 0 Å². The number of nitrogens with zero attached hydrogens (tertiary/aromatic N) is 2. The number of halogens is 1. The number of ether oxygens (including phenoxy) is 1. The molecule has 1 aromatic rings. The summed E-state index contributed by atoms with van der Waals surface area (Å²) < 4.78 is 5.49. The van der Waals surface area contributed by atoms with Gasteiger partial charge in [0.05, 0.1) is 6.10 Å². The lowest BCUT2D eigenvalue weighted by molar-refractivity contribution is 0.208. The third-order valence-corrected chi connectivity index (χ3v) is 1.87. The summed E-state index contributed by atoms with van der Waals surface area (Å²) in [7, 11) is 0. The Morgan fingerprint density at radius 2 is 2.23 bits per heavy atom. The Kier molecular flexibility index (Phi) is 3.48. The monoisotopic (exact) mass is 200 g/mol. The van der Waals surface area contributed by atoms with Gasteiger partial charge in [0.2, 0.25) is 5.88 Å². The molecule has 72 valence electrons. The molecule has 0 aliphatic carbocycles. The van der Waals surface area contributed by atoms with Crippen LogP contribution in [0.3, 0.4) is 0 Å². The van der Waals surface area contributed by atoms with E-state index in [1.165, 1.54) is 0 Å². The zero-order valence-electron chi connectivity index (χ0n) is 8.04. The Hall–Kier alpha value is -0.830. The molecule has 0 amide bonds. The van der Waals surface area contributed by atoms with Gasteiger partial charge in [-0.1, -0.05) is 18.5 Å². The highest BCUT2D eigenvalue weighted by Gasteiger charge is 2.04. The Bertz CT molecular complexity index is 271. The molecule has 1 atom stereocenters. The van der Waals surface area contributed by atoms with Crippen molar-refractivity contribution in [3.05, 3.63) is 17.0 Å². The Labute approximate surface area is 83.1 Å². The summed E-state index contributed by atoms with van der Waals surface area (Å²) in [6, 6.07) is 1.63. The molecule has 3 nitrogen and oxygen atoms in total. The molecule has 1 rings (SSSR count). The highest BCUT2D eigenvalue weighted by Crippen LogP contribution is 2.15. The molecule has 4 heteroatoms. The molecule has 0 aliphatic rings. The summed E-state index contributed by atoms with van der Waals surface area (Å²) in [5, 5.41) is 0.422. The zero-order valence-corrected chi connectivity index (χ0v) is 8.80. The first-order chi connectivity index (χ1) is 6.11. The van der Waals surface area contributed by atoms with Gasteiger partial charge in [-0.3, -0.25) is 0 Å². The largest absolute Gasteiger partial charge is 0.475 e. The molecule has 0 bridgehead atoms. The van der Waals surface area contributed by atoms with E-state index in [0.717, 1.165) is 6.42 Å². The second kappa shape index (κ2) is 4.42. The lowest BCUT2D eigenvalue weighted by Gasteiger charge is -2.11. The van der Waals surface area contributed by atoms with Crippen molar-refractivity contribution < 1.29 is 4.74 Å². The minimum absolute atomic E-state index is 0.158. The van der Waals surface area contributed by atoms with Gasteiger partial charge in [0.1, 0.15) is 11.0 Å². The number of rotatable bonds is 3. The fraction of sp³-hybridized carbons (Fsp3) is 0.556. The SMILES string of the molecule is CC[C@H](C)Oc1cc(Cl)nc(C)n1. The molecule has 0 N–H and O–H groups in total. The third-order valence-electron chi connectivity index (χ3n) is 1.68. The van der Waals surface area contributed by atoms with E-state index in [2.05, 4.69) is 16.9 Å². The second-order valence-electron chi connectivity index (χ2n) is 2.91. The van der Waals surface area contributed by atoms with E-state index >= 15 is 0 Å². The lowest BCUT2D eigenvalue weighted by atomic mass is 10.3. The molecular weight excluding hydrogens is 188 g/mol. The summed E-state index contributed by atoms with van der Waals surface area (Å²) in [5.41, 5.74) is 0. The quantitative estimate of drug-likeness (QED) is 0.704.